The fourth-order valence-electron chi connectivity index (χ4n) is 2.81. The van der Waals surface area contributed by atoms with Crippen LogP contribution in [0.25, 0.3) is 0 Å². The molecule has 17 heavy (non-hydrogen) atoms. The molecule has 1 aromatic rings. The van der Waals surface area contributed by atoms with Gasteiger partial charge in [-0.1, -0.05) is 19.9 Å². The molecule has 1 saturated carbocycles. The molecule has 0 aromatic heterocycles. The molecule has 94 valence electrons. The van der Waals surface area contributed by atoms with Gasteiger partial charge in [0.2, 0.25) is 0 Å². The van der Waals surface area contributed by atoms with Crippen LogP contribution in [0.3, 0.4) is 0 Å². The molecule has 0 spiro atoms. The van der Waals surface area contributed by atoms with Crippen molar-refractivity contribution in [2.24, 2.45) is 11.1 Å². The number of methoxy groups -OCH3 is 1. The third-order valence-electron chi connectivity index (χ3n) is 3.77. The molecule has 0 bridgehead atoms. The predicted octanol–water partition coefficient (Wildman–Crippen LogP) is 3.20. The number of ether oxygens (including phenoxy) is 1. The highest BCUT2D eigenvalue weighted by atomic mass is 19.1. The molecule has 0 saturated heterocycles. The van der Waals surface area contributed by atoms with Crippen LogP contribution >= 0.6 is 0 Å². The van der Waals surface area contributed by atoms with E-state index in [0.29, 0.717) is 0 Å². The molecule has 0 amide bonds. The van der Waals surface area contributed by atoms with E-state index < -0.39 is 5.54 Å². The molecule has 2 N–H and O–H groups in total. The molecule has 2 rings (SSSR count). The smallest absolute Gasteiger partial charge is 0.165 e. The van der Waals surface area contributed by atoms with E-state index >= 15 is 0 Å². The van der Waals surface area contributed by atoms with Gasteiger partial charge in [0.1, 0.15) is 0 Å². The van der Waals surface area contributed by atoms with Gasteiger partial charge in [0, 0.05) is 5.54 Å². The van der Waals surface area contributed by atoms with Crippen molar-refractivity contribution in [3.63, 3.8) is 0 Å². The molecule has 1 unspecified atom stereocenters. The summed E-state index contributed by atoms with van der Waals surface area (Å²) in [4.78, 5) is 0. The first-order chi connectivity index (χ1) is 7.86. The summed E-state index contributed by atoms with van der Waals surface area (Å²) in [6.07, 6.45) is 2.88. The minimum Gasteiger partial charge on any atom is -0.494 e. The van der Waals surface area contributed by atoms with Gasteiger partial charge in [-0.15, -0.1) is 0 Å². The van der Waals surface area contributed by atoms with E-state index in [-0.39, 0.29) is 17.0 Å². The second kappa shape index (κ2) is 3.98. The highest BCUT2D eigenvalue weighted by Crippen LogP contribution is 2.47. The van der Waals surface area contributed by atoms with Crippen molar-refractivity contribution in [2.75, 3.05) is 7.11 Å². The lowest BCUT2D eigenvalue weighted by atomic mass is 9.84. The van der Waals surface area contributed by atoms with Crippen LogP contribution in [0.15, 0.2) is 18.2 Å². The van der Waals surface area contributed by atoms with E-state index in [1.807, 2.05) is 6.07 Å². The number of hydrogen-bond donors (Lipinski definition) is 1. The maximum atomic E-state index is 13.7. The van der Waals surface area contributed by atoms with Gasteiger partial charge < -0.3 is 10.5 Å². The summed E-state index contributed by atoms with van der Waals surface area (Å²) in [5.41, 5.74) is 7.13. The Morgan fingerprint density at radius 2 is 2.00 bits per heavy atom. The summed E-state index contributed by atoms with van der Waals surface area (Å²) in [5, 5.41) is 0. The van der Waals surface area contributed by atoms with Gasteiger partial charge in [-0.25, -0.2) is 4.39 Å². The molecule has 0 aliphatic heterocycles. The molecular formula is C14H20FNO. The minimum absolute atomic E-state index is 0.241. The Hall–Kier alpha value is -1.09. The van der Waals surface area contributed by atoms with Gasteiger partial charge in [0.25, 0.3) is 0 Å². The zero-order chi connectivity index (χ0) is 12.7. The topological polar surface area (TPSA) is 35.2 Å². The van der Waals surface area contributed by atoms with E-state index in [2.05, 4.69) is 13.8 Å². The van der Waals surface area contributed by atoms with Gasteiger partial charge in [0.05, 0.1) is 7.11 Å². The zero-order valence-corrected chi connectivity index (χ0v) is 10.7. The zero-order valence-electron chi connectivity index (χ0n) is 10.7. The Labute approximate surface area is 102 Å². The number of rotatable bonds is 2. The summed E-state index contributed by atoms with van der Waals surface area (Å²) in [6, 6.07) is 5.05. The van der Waals surface area contributed by atoms with Crippen molar-refractivity contribution in [1.29, 1.82) is 0 Å². The highest BCUT2D eigenvalue weighted by Gasteiger charge is 2.41. The molecule has 0 radical (unpaired) electrons. The third-order valence-corrected chi connectivity index (χ3v) is 3.77. The largest absolute Gasteiger partial charge is 0.494 e. The second-order valence-electron chi connectivity index (χ2n) is 5.85. The van der Waals surface area contributed by atoms with Gasteiger partial charge in [-0.05, 0) is 42.4 Å². The highest BCUT2D eigenvalue weighted by molar-refractivity contribution is 5.34. The van der Waals surface area contributed by atoms with Crippen molar-refractivity contribution >= 4 is 0 Å². The molecule has 1 fully saturated rings. The Balaban J connectivity index is 2.32. The summed E-state index contributed by atoms with van der Waals surface area (Å²) < 4.78 is 18.6. The normalized spacial score (nSPS) is 27.1. The number of nitrogens with two attached hydrogens (primary N) is 1. The lowest BCUT2D eigenvalue weighted by Crippen LogP contribution is -2.34. The first kappa shape index (κ1) is 12.4. The first-order valence-corrected chi connectivity index (χ1v) is 5.99. The van der Waals surface area contributed by atoms with Crippen LogP contribution in [0.5, 0.6) is 5.75 Å². The van der Waals surface area contributed by atoms with Crippen LogP contribution in [0.4, 0.5) is 4.39 Å². The SMILES string of the molecule is COc1ccc(C2(N)CCC(C)(C)C2)cc1F. The lowest BCUT2D eigenvalue weighted by molar-refractivity contribution is 0.338. The lowest BCUT2D eigenvalue weighted by Gasteiger charge is -2.27. The van der Waals surface area contributed by atoms with Gasteiger partial charge in [-0.3, -0.25) is 0 Å². The fourth-order valence-corrected chi connectivity index (χ4v) is 2.81. The van der Waals surface area contributed by atoms with Crippen molar-refractivity contribution < 1.29 is 9.13 Å². The average Bonchev–Trinajstić information content (AvgIpc) is 2.54. The fraction of sp³-hybridized carbons (Fsp3) is 0.571. The monoisotopic (exact) mass is 237 g/mol. The average molecular weight is 237 g/mol. The molecule has 2 nitrogen and oxygen atoms in total. The standard InChI is InChI=1S/C14H20FNO/c1-13(2)6-7-14(16,9-13)10-4-5-12(17-3)11(15)8-10/h4-5,8H,6-7,9,16H2,1-3H3. The van der Waals surface area contributed by atoms with E-state index in [4.69, 9.17) is 10.5 Å². The quantitative estimate of drug-likeness (QED) is 0.857. The third kappa shape index (κ3) is 2.29. The van der Waals surface area contributed by atoms with Crippen LogP contribution in [-0.2, 0) is 5.54 Å². The Morgan fingerprint density at radius 1 is 1.29 bits per heavy atom. The van der Waals surface area contributed by atoms with Crippen LogP contribution < -0.4 is 10.5 Å². The van der Waals surface area contributed by atoms with Gasteiger partial charge in [-0.2, -0.15) is 0 Å². The van der Waals surface area contributed by atoms with Crippen molar-refractivity contribution in [3.05, 3.63) is 29.6 Å². The van der Waals surface area contributed by atoms with Crippen molar-refractivity contribution in [3.8, 4) is 5.75 Å². The molecule has 3 heteroatoms. The van der Waals surface area contributed by atoms with Crippen molar-refractivity contribution in [2.45, 2.75) is 38.6 Å². The van der Waals surface area contributed by atoms with Crippen LogP contribution in [0.2, 0.25) is 0 Å². The number of benzene rings is 1. The van der Waals surface area contributed by atoms with Crippen LogP contribution in [0.1, 0.15) is 38.7 Å². The van der Waals surface area contributed by atoms with Crippen LogP contribution in [0, 0.1) is 11.2 Å². The summed E-state index contributed by atoms with van der Waals surface area (Å²) in [6.45, 7) is 4.42. The summed E-state index contributed by atoms with van der Waals surface area (Å²) >= 11 is 0. The molecule has 1 aliphatic carbocycles. The minimum atomic E-state index is -0.392. The molecular weight excluding hydrogens is 217 g/mol. The van der Waals surface area contributed by atoms with Gasteiger partial charge >= 0.3 is 0 Å². The molecule has 1 atom stereocenters. The maximum absolute atomic E-state index is 13.7. The number of halogens is 1. The predicted molar refractivity (Wildman–Crippen MR) is 66.4 cm³/mol. The first-order valence-electron chi connectivity index (χ1n) is 5.99. The Kier molecular flexibility index (Phi) is 2.90. The van der Waals surface area contributed by atoms with E-state index in [1.54, 1.807) is 6.07 Å². The Bertz CT molecular complexity index is 430. The molecule has 1 aromatic carbocycles. The van der Waals surface area contributed by atoms with E-state index in [1.165, 1.54) is 13.2 Å². The second-order valence-corrected chi connectivity index (χ2v) is 5.85. The van der Waals surface area contributed by atoms with E-state index in [0.717, 1.165) is 24.8 Å². The summed E-state index contributed by atoms with van der Waals surface area (Å²) in [5.74, 6) is -0.0610. The molecule has 1 aliphatic rings. The molecule has 0 heterocycles. The van der Waals surface area contributed by atoms with E-state index in [9.17, 15) is 4.39 Å². The van der Waals surface area contributed by atoms with Gasteiger partial charge in [0.15, 0.2) is 11.6 Å². The Morgan fingerprint density at radius 3 is 2.47 bits per heavy atom. The maximum Gasteiger partial charge on any atom is 0.165 e. The number of hydrogen-bond acceptors (Lipinski definition) is 2. The summed E-state index contributed by atoms with van der Waals surface area (Å²) in [7, 11) is 1.47. The van der Waals surface area contributed by atoms with Crippen molar-refractivity contribution in [1.82, 2.24) is 0 Å². The van der Waals surface area contributed by atoms with Crippen LogP contribution in [-0.4, -0.2) is 7.11 Å².